The van der Waals surface area contributed by atoms with Crippen LogP contribution >= 0.6 is 0 Å². The van der Waals surface area contributed by atoms with Crippen molar-refractivity contribution in [2.24, 2.45) is 0 Å². The summed E-state index contributed by atoms with van der Waals surface area (Å²) in [6.07, 6.45) is 6.21. The molecule has 0 N–H and O–H groups in total. The van der Waals surface area contributed by atoms with Crippen molar-refractivity contribution in [3.05, 3.63) is 54.1 Å². The first-order valence-corrected chi connectivity index (χ1v) is 7.78. The number of fused-ring (bicyclic) bond motifs is 1. The zero-order chi connectivity index (χ0) is 13.8. The van der Waals surface area contributed by atoms with Gasteiger partial charge in [0, 0.05) is 13.1 Å². The molecule has 104 valence electrons. The minimum atomic E-state index is 1.11. The standard InChI is InChI=1S/C19H23N/c1-2-3-13-20-14-11-17(12-15-20)19-10-6-8-16-7-4-5-9-18(16)19/h4-11H,2-3,12-15H2,1H3. The highest BCUT2D eigenvalue weighted by atomic mass is 15.1. The van der Waals surface area contributed by atoms with Crippen LogP contribution in [0.4, 0.5) is 0 Å². The van der Waals surface area contributed by atoms with E-state index in [4.69, 9.17) is 0 Å². The van der Waals surface area contributed by atoms with E-state index in [-0.39, 0.29) is 0 Å². The summed E-state index contributed by atoms with van der Waals surface area (Å²) >= 11 is 0. The Kier molecular flexibility index (Phi) is 4.17. The van der Waals surface area contributed by atoms with Crippen molar-refractivity contribution >= 4 is 16.3 Å². The largest absolute Gasteiger partial charge is 0.299 e. The van der Waals surface area contributed by atoms with Gasteiger partial charge in [0.25, 0.3) is 0 Å². The minimum Gasteiger partial charge on any atom is -0.299 e. The molecule has 1 heteroatoms. The number of benzene rings is 2. The van der Waals surface area contributed by atoms with Crippen LogP contribution in [0.15, 0.2) is 48.5 Å². The Morgan fingerprint density at radius 2 is 1.90 bits per heavy atom. The van der Waals surface area contributed by atoms with Gasteiger partial charge in [-0.3, -0.25) is 4.90 Å². The molecule has 0 aromatic heterocycles. The van der Waals surface area contributed by atoms with Crippen LogP contribution in [0.5, 0.6) is 0 Å². The summed E-state index contributed by atoms with van der Waals surface area (Å²) < 4.78 is 0. The van der Waals surface area contributed by atoms with Crippen LogP contribution in [-0.4, -0.2) is 24.5 Å². The van der Waals surface area contributed by atoms with Crippen molar-refractivity contribution < 1.29 is 0 Å². The van der Waals surface area contributed by atoms with Gasteiger partial charge in [0.2, 0.25) is 0 Å². The second-order valence-electron chi connectivity index (χ2n) is 5.66. The van der Waals surface area contributed by atoms with Gasteiger partial charge in [-0.2, -0.15) is 0 Å². The smallest absolute Gasteiger partial charge is 0.0169 e. The van der Waals surface area contributed by atoms with E-state index < -0.39 is 0 Å². The Labute approximate surface area is 121 Å². The number of rotatable bonds is 4. The highest BCUT2D eigenvalue weighted by Crippen LogP contribution is 2.29. The molecule has 0 amide bonds. The molecular formula is C19H23N. The van der Waals surface area contributed by atoms with Crippen LogP contribution in [0.2, 0.25) is 0 Å². The first kappa shape index (κ1) is 13.4. The number of nitrogens with zero attached hydrogens (tertiary/aromatic N) is 1. The molecule has 1 aliphatic heterocycles. The number of unbranched alkanes of at least 4 members (excludes halogenated alkanes) is 1. The van der Waals surface area contributed by atoms with Crippen molar-refractivity contribution in [2.45, 2.75) is 26.2 Å². The second-order valence-corrected chi connectivity index (χ2v) is 5.66. The van der Waals surface area contributed by atoms with Crippen molar-refractivity contribution in [1.82, 2.24) is 4.90 Å². The Morgan fingerprint density at radius 3 is 2.70 bits per heavy atom. The van der Waals surface area contributed by atoms with E-state index >= 15 is 0 Å². The van der Waals surface area contributed by atoms with Crippen molar-refractivity contribution in [2.75, 3.05) is 19.6 Å². The van der Waals surface area contributed by atoms with Gasteiger partial charge < -0.3 is 0 Å². The molecule has 0 bridgehead atoms. The number of hydrogen-bond donors (Lipinski definition) is 0. The topological polar surface area (TPSA) is 3.24 Å². The molecule has 1 heterocycles. The van der Waals surface area contributed by atoms with Gasteiger partial charge in [-0.1, -0.05) is 61.9 Å². The molecule has 0 saturated carbocycles. The normalized spacial score (nSPS) is 16.4. The average molecular weight is 265 g/mol. The van der Waals surface area contributed by atoms with Gasteiger partial charge in [-0.15, -0.1) is 0 Å². The van der Waals surface area contributed by atoms with Crippen LogP contribution in [0.3, 0.4) is 0 Å². The van der Waals surface area contributed by atoms with Crippen molar-refractivity contribution in [1.29, 1.82) is 0 Å². The van der Waals surface area contributed by atoms with Gasteiger partial charge in [-0.25, -0.2) is 0 Å². The molecule has 20 heavy (non-hydrogen) atoms. The van der Waals surface area contributed by atoms with Crippen molar-refractivity contribution in [3.63, 3.8) is 0 Å². The van der Waals surface area contributed by atoms with Gasteiger partial charge in [0.1, 0.15) is 0 Å². The van der Waals surface area contributed by atoms with Gasteiger partial charge in [0.15, 0.2) is 0 Å². The summed E-state index contributed by atoms with van der Waals surface area (Å²) in [5, 5.41) is 2.74. The Balaban J connectivity index is 1.84. The Bertz CT molecular complexity index is 607. The molecule has 0 fully saturated rings. The van der Waals surface area contributed by atoms with Crippen LogP contribution in [0.25, 0.3) is 16.3 Å². The maximum absolute atomic E-state index is 2.57. The highest BCUT2D eigenvalue weighted by Gasteiger charge is 2.13. The average Bonchev–Trinajstić information content (AvgIpc) is 2.53. The monoisotopic (exact) mass is 265 g/mol. The lowest BCUT2D eigenvalue weighted by molar-refractivity contribution is 0.297. The van der Waals surface area contributed by atoms with E-state index in [0.717, 1.165) is 6.54 Å². The molecule has 2 aromatic carbocycles. The van der Waals surface area contributed by atoms with E-state index in [0.29, 0.717) is 0 Å². The van der Waals surface area contributed by atoms with Gasteiger partial charge in [0.05, 0.1) is 0 Å². The second kappa shape index (κ2) is 6.23. The summed E-state index contributed by atoms with van der Waals surface area (Å²) in [7, 11) is 0. The summed E-state index contributed by atoms with van der Waals surface area (Å²) in [5.41, 5.74) is 2.95. The molecule has 0 spiro atoms. The molecule has 1 nitrogen and oxygen atoms in total. The predicted molar refractivity (Wildman–Crippen MR) is 87.9 cm³/mol. The SMILES string of the molecule is CCCCN1CC=C(c2cccc3ccccc23)CC1. The summed E-state index contributed by atoms with van der Waals surface area (Å²) in [5.74, 6) is 0. The fourth-order valence-electron chi connectivity index (χ4n) is 3.05. The lowest BCUT2D eigenvalue weighted by Crippen LogP contribution is -2.29. The Morgan fingerprint density at radius 1 is 1.05 bits per heavy atom. The molecule has 0 unspecified atom stereocenters. The predicted octanol–water partition coefficient (Wildman–Crippen LogP) is 4.73. The van der Waals surface area contributed by atoms with E-state index in [2.05, 4.69) is 60.4 Å². The third-order valence-electron chi connectivity index (χ3n) is 4.26. The summed E-state index contributed by atoms with van der Waals surface area (Å²) in [4.78, 5) is 2.57. The maximum atomic E-state index is 2.57. The third kappa shape index (κ3) is 2.78. The van der Waals surface area contributed by atoms with Gasteiger partial charge >= 0.3 is 0 Å². The fraction of sp³-hybridized carbons (Fsp3) is 0.368. The van der Waals surface area contributed by atoms with E-state index in [1.807, 2.05) is 0 Å². The zero-order valence-electron chi connectivity index (χ0n) is 12.3. The highest BCUT2D eigenvalue weighted by molar-refractivity contribution is 5.94. The van der Waals surface area contributed by atoms with Crippen molar-refractivity contribution in [3.8, 4) is 0 Å². The molecule has 0 aliphatic carbocycles. The molecule has 3 rings (SSSR count). The van der Waals surface area contributed by atoms with Crippen LogP contribution in [-0.2, 0) is 0 Å². The first-order chi connectivity index (χ1) is 9.88. The summed E-state index contributed by atoms with van der Waals surface area (Å²) in [6, 6.07) is 15.4. The quantitative estimate of drug-likeness (QED) is 0.772. The minimum absolute atomic E-state index is 1.11. The molecule has 0 atom stereocenters. The number of hydrogen-bond acceptors (Lipinski definition) is 1. The molecular weight excluding hydrogens is 242 g/mol. The first-order valence-electron chi connectivity index (χ1n) is 7.78. The maximum Gasteiger partial charge on any atom is 0.0169 e. The van der Waals surface area contributed by atoms with Crippen LogP contribution in [0, 0.1) is 0 Å². The van der Waals surface area contributed by atoms with Crippen LogP contribution in [0.1, 0.15) is 31.7 Å². The van der Waals surface area contributed by atoms with E-state index in [9.17, 15) is 0 Å². The zero-order valence-corrected chi connectivity index (χ0v) is 12.3. The molecule has 1 aliphatic rings. The van der Waals surface area contributed by atoms with E-state index in [1.165, 1.54) is 54.3 Å². The van der Waals surface area contributed by atoms with Gasteiger partial charge in [-0.05, 0) is 41.3 Å². The lowest BCUT2D eigenvalue weighted by atomic mass is 9.94. The fourth-order valence-corrected chi connectivity index (χ4v) is 3.05. The lowest BCUT2D eigenvalue weighted by Gasteiger charge is -2.26. The summed E-state index contributed by atoms with van der Waals surface area (Å²) in [6.45, 7) is 5.82. The third-order valence-corrected chi connectivity index (χ3v) is 4.26. The molecule has 0 saturated heterocycles. The Hall–Kier alpha value is -1.60. The van der Waals surface area contributed by atoms with E-state index in [1.54, 1.807) is 0 Å². The van der Waals surface area contributed by atoms with Crippen LogP contribution < -0.4 is 0 Å². The molecule has 2 aromatic rings. The molecule has 0 radical (unpaired) electrons.